The first-order valence-corrected chi connectivity index (χ1v) is 8.13. The van der Waals surface area contributed by atoms with Crippen molar-refractivity contribution in [3.63, 3.8) is 0 Å². The Balaban J connectivity index is 2.30. The molecule has 1 aromatic rings. The number of aromatic nitrogens is 1. The number of hydrogen-bond donors (Lipinski definition) is 1. The molecule has 2 heterocycles. The second kappa shape index (κ2) is 6.04. The van der Waals surface area contributed by atoms with Crippen LogP contribution in [0.4, 0.5) is 10.5 Å². The maximum Gasteiger partial charge on any atom is 0.516 e. The molecule has 1 saturated heterocycles. The number of amides is 1. The molecule has 6 nitrogen and oxygen atoms in total. The zero-order valence-corrected chi connectivity index (χ0v) is 15.8. The van der Waals surface area contributed by atoms with Gasteiger partial charge in [-0.15, -0.1) is 0 Å². The monoisotopic (exact) mass is 334 g/mol. The number of rotatable bonds is 2. The molecule has 1 aliphatic heterocycles. The van der Waals surface area contributed by atoms with Gasteiger partial charge >= 0.3 is 13.2 Å². The normalized spacial score (nSPS) is 19.2. The van der Waals surface area contributed by atoms with Crippen LogP contribution in [0.5, 0.6) is 0 Å². The van der Waals surface area contributed by atoms with Crippen LogP contribution < -0.4 is 10.9 Å². The van der Waals surface area contributed by atoms with Crippen molar-refractivity contribution < 1.29 is 18.8 Å². The summed E-state index contributed by atoms with van der Waals surface area (Å²) >= 11 is 0. The standard InChI is InChI=1S/C17H27BN2O4/c1-11-9-10-19-13(12(11)20-14(21)22-15(2,3)4)18-23-16(5,6)17(7,8)24-18/h9-10H,1-8H3,(H,20,21). The molecular weight excluding hydrogens is 307 g/mol. The lowest BCUT2D eigenvalue weighted by atomic mass is 9.82. The van der Waals surface area contributed by atoms with E-state index < -0.39 is 30.0 Å². The third-order valence-corrected chi connectivity index (χ3v) is 4.29. The molecular formula is C17H27BN2O4. The lowest BCUT2D eigenvalue weighted by Gasteiger charge is -2.32. The molecule has 24 heavy (non-hydrogen) atoms. The molecule has 1 amide bonds. The van der Waals surface area contributed by atoms with Gasteiger partial charge in [0.05, 0.1) is 22.5 Å². The van der Waals surface area contributed by atoms with E-state index in [1.54, 1.807) is 6.20 Å². The Hall–Kier alpha value is -1.60. The molecule has 2 rings (SSSR count). The van der Waals surface area contributed by atoms with E-state index in [0.29, 0.717) is 11.3 Å². The molecule has 132 valence electrons. The number of nitrogens with zero attached hydrogens (tertiary/aromatic N) is 1. The van der Waals surface area contributed by atoms with Gasteiger partial charge in [-0.05, 0) is 67.0 Å². The van der Waals surface area contributed by atoms with Gasteiger partial charge in [-0.25, -0.2) is 4.79 Å². The van der Waals surface area contributed by atoms with Gasteiger partial charge in [-0.3, -0.25) is 10.3 Å². The first-order valence-electron chi connectivity index (χ1n) is 8.13. The second-order valence-corrected chi connectivity index (χ2v) is 8.10. The Bertz CT molecular complexity index is 622. The minimum atomic E-state index is -0.653. The van der Waals surface area contributed by atoms with Crippen molar-refractivity contribution in [2.75, 3.05) is 5.32 Å². The van der Waals surface area contributed by atoms with Crippen LogP contribution in [0, 0.1) is 6.92 Å². The lowest BCUT2D eigenvalue weighted by Crippen LogP contribution is -2.41. The fourth-order valence-electron chi connectivity index (χ4n) is 2.28. The predicted molar refractivity (Wildman–Crippen MR) is 94.5 cm³/mol. The highest BCUT2D eigenvalue weighted by Gasteiger charge is 2.53. The van der Waals surface area contributed by atoms with Gasteiger partial charge in [0, 0.05) is 6.20 Å². The molecule has 1 aromatic heterocycles. The van der Waals surface area contributed by atoms with Crippen LogP contribution in [0.15, 0.2) is 12.3 Å². The van der Waals surface area contributed by atoms with Crippen molar-refractivity contribution in [1.29, 1.82) is 0 Å². The topological polar surface area (TPSA) is 69.7 Å². The van der Waals surface area contributed by atoms with Crippen LogP contribution in [0.25, 0.3) is 0 Å². The summed E-state index contributed by atoms with van der Waals surface area (Å²) in [5.41, 5.74) is 0.425. The van der Waals surface area contributed by atoms with Crippen molar-refractivity contribution >= 4 is 24.5 Å². The first-order chi connectivity index (χ1) is 10.8. The number of pyridine rings is 1. The molecule has 0 saturated carbocycles. The van der Waals surface area contributed by atoms with Crippen molar-refractivity contribution in [2.24, 2.45) is 0 Å². The third kappa shape index (κ3) is 3.90. The van der Waals surface area contributed by atoms with E-state index in [1.165, 1.54) is 0 Å². The number of carbonyl (C=O) groups is 1. The van der Waals surface area contributed by atoms with Crippen LogP contribution in [0.2, 0.25) is 0 Å². The van der Waals surface area contributed by atoms with Crippen LogP contribution >= 0.6 is 0 Å². The van der Waals surface area contributed by atoms with Gasteiger partial charge in [-0.2, -0.15) is 0 Å². The number of hydrogen-bond acceptors (Lipinski definition) is 5. The van der Waals surface area contributed by atoms with E-state index in [9.17, 15) is 4.79 Å². The zero-order valence-electron chi connectivity index (χ0n) is 15.8. The summed E-state index contributed by atoms with van der Waals surface area (Å²) < 4.78 is 17.4. The van der Waals surface area contributed by atoms with Gasteiger partial charge in [0.1, 0.15) is 5.60 Å². The number of anilines is 1. The molecule has 0 unspecified atom stereocenters. The highest BCUT2D eigenvalue weighted by molar-refractivity contribution is 6.63. The Morgan fingerprint density at radius 3 is 2.25 bits per heavy atom. The number of ether oxygens (including phenoxy) is 1. The van der Waals surface area contributed by atoms with Crippen LogP contribution in [0.3, 0.4) is 0 Å². The minimum absolute atomic E-state index is 0.480. The molecule has 1 aliphatic rings. The summed E-state index contributed by atoms with van der Waals surface area (Å²) in [4.78, 5) is 16.5. The molecule has 0 aliphatic carbocycles. The van der Waals surface area contributed by atoms with Gasteiger partial charge in [0.2, 0.25) is 0 Å². The van der Waals surface area contributed by atoms with Gasteiger partial charge in [-0.1, -0.05) is 0 Å². The molecule has 0 bridgehead atoms. The van der Waals surface area contributed by atoms with E-state index in [2.05, 4.69) is 10.3 Å². The Morgan fingerprint density at radius 1 is 1.21 bits per heavy atom. The van der Waals surface area contributed by atoms with Crippen molar-refractivity contribution in [1.82, 2.24) is 4.98 Å². The van der Waals surface area contributed by atoms with E-state index in [-0.39, 0.29) is 0 Å². The van der Waals surface area contributed by atoms with E-state index in [4.69, 9.17) is 14.0 Å². The van der Waals surface area contributed by atoms with Crippen molar-refractivity contribution in [2.45, 2.75) is 72.2 Å². The minimum Gasteiger partial charge on any atom is -0.444 e. The maximum atomic E-state index is 12.2. The van der Waals surface area contributed by atoms with E-state index in [1.807, 2.05) is 61.5 Å². The Labute approximate surface area is 144 Å². The molecule has 1 N–H and O–H groups in total. The number of aryl methyl sites for hydroxylation is 1. The third-order valence-electron chi connectivity index (χ3n) is 4.29. The lowest BCUT2D eigenvalue weighted by molar-refractivity contribution is 0.00578. The quantitative estimate of drug-likeness (QED) is 0.842. The SMILES string of the molecule is Cc1ccnc(B2OC(C)(C)C(C)(C)O2)c1NC(=O)OC(C)(C)C. The summed E-state index contributed by atoms with van der Waals surface area (Å²) in [6.45, 7) is 15.2. The maximum absolute atomic E-state index is 12.2. The first kappa shape index (κ1) is 18.7. The molecule has 0 spiro atoms. The average Bonchev–Trinajstić information content (AvgIpc) is 2.58. The van der Waals surface area contributed by atoms with E-state index >= 15 is 0 Å². The van der Waals surface area contributed by atoms with Crippen LogP contribution in [-0.2, 0) is 14.0 Å². The fourth-order valence-corrected chi connectivity index (χ4v) is 2.28. The smallest absolute Gasteiger partial charge is 0.444 e. The Morgan fingerprint density at radius 2 is 1.75 bits per heavy atom. The van der Waals surface area contributed by atoms with E-state index in [0.717, 1.165) is 5.56 Å². The molecule has 0 radical (unpaired) electrons. The van der Waals surface area contributed by atoms with Crippen LogP contribution in [0.1, 0.15) is 54.0 Å². The number of carbonyl (C=O) groups excluding carboxylic acids is 1. The summed E-state index contributed by atoms with van der Waals surface area (Å²) in [5.74, 6) is 0. The Kier molecular flexibility index (Phi) is 4.72. The molecule has 0 aromatic carbocycles. The zero-order chi connectivity index (χ0) is 18.3. The molecule has 1 fully saturated rings. The predicted octanol–water partition coefficient (Wildman–Crippen LogP) is 3.04. The van der Waals surface area contributed by atoms with Gasteiger partial charge in [0.15, 0.2) is 0 Å². The average molecular weight is 334 g/mol. The fraction of sp³-hybridized carbons (Fsp3) is 0.647. The molecule has 7 heteroatoms. The van der Waals surface area contributed by atoms with Crippen molar-refractivity contribution in [3.8, 4) is 0 Å². The van der Waals surface area contributed by atoms with Gasteiger partial charge in [0.25, 0.3) is 0 Å². The molecule has 0 atom stereocenters. The summed E-state index contributed by atoms with van der Waals surface area (Å²) in [5, 5.41) is 2.78. The highest BCUT2D eigenvalue weighted by atomic mass is 16.7. The van der Waals surface area contributed by atoms with Crippen molar-refractivity contribution in [3.05, 3.63) is 17.8 Å². The largest absolute Gasteiger partial charge is 0.516 e. The van der Waals surface area contributed by atoms with Gasteiger partial charge < -0.3 is 14.0 Å². The highest BCUT2D eigenvalue weighted by Crippen LogP contribution is 2.37. The summed E-state index contributed by atoms with van der Waals surface area (Å²) in [7, 11) is -0.653. The second-order valence-electron chi connectivity index (χ2n) is 8.10. The number of nitrogens with one attached hydrogen (secondary N) is 1. The van der Waals surface area contributed by atoms with Crippen LogP contribution in [-0.4, -0.2) is 35.0 Å². The summed E-state index contributed by atoms with van der Waals surface area (Å²) in [6, 6.07) is 1.82. The summed E-state index contributed by atoms with van der Waals surface area (Å²) in [6.07, 6.45) is 1.15.